The van der Waals surface area contributed by atoms with E-state index in [9.17, 15) is 4.79 Å². The van der Waals surface area contributed by atoms with Crippen LogP contribution in [0.15, 0.2) is 22.7 Å². The fourth-order valence-corrected chi connectivity index (χ4v) is 3.13. The second kappa shape index (κ2) is 7.23. The summed E-state index contributed by atoms with van der Waals surface area (Å²) in [5, 5.41) is 6.45. The highest BCUT2D eigenvalue weighted by Crippen LogP contribution is 2.26. The molecule has 2 unspecified atom stereocenters. The smallest absolute Gasteiger partial charge is 0.224 e. The summed E-state index contributed by atoms with van der Waals surface area (Å²) in [6.45, 7) is 6.36. The Hall–Kier alpha value is -0.870. The number of halogens is 1. The van der Waals surface area contributed by atoms with E-state index in [0.29, 0.717) is 18.3 Å². The maximum absolute atomic E-state index is 12.2. The molecule has 1 heterocycles. The van der Waals surface area contributed by atoms with Gasteiger partial charge in [-0.05, 0) is 62.4 Å². The van der Waals surface area contributed by atoms with Crippen LogP contribution in [0.4, 0.5) is 5.69 Å². The lowest BCUT2D eigenvalue weighted by Gasteiger charge is -2.28. The van der Waals surface area contributed by atoms with Crippen molar-refractivity contribution in [3.05, 3.63) is 28.2 Å². The number of hydrogen-bond donors (Lipinski definition) is 2. The highest BCUT2D eigenvalue weighted by molar-refractivity contribution is 9.10. The van der Waals surface area contributed by atoms with Crippen molar-refractivity contribution in [1.82, 2.24) is 5.32 Å². The fraction of sp³-hybridized carbons (Fsp3) is 0.562. The number of amides is 1. The first kappa shape index (κ1) is 15.5. The molecule has 1 fully saturated rings. The molecule has 1 aromatic carbocycles. The third-order valence-corrected chi connectivity index (χ3v) is 5.05. The number of hydrogen-bond acceptors (Lipinski definition) is 2. The van der Waals surface area contributed by atoms with Crippen molar-refractivity contribution in [2.45, 2.75) is 33.1 Å². The van der Waals surface area contributed by atoms with Crippen LogP contribution in [-0.4, -0.2) is 19.0 Å². The summed E-state index contributed by atoms with van der Waals surface area (Å²) in [6.07, 6.45) is 3.05. The van der Waals surface area contributed by atoms with E-state index < -0.39 is 0 Å². The van der Waals surface area contributed by atoms with Crippen molar-refractivity contribution in [3.8, 4) is 0 Å². The van der Waals surface area contributed by atoms with Gasteiger partial charge in [-0.25, -0.2) is 0 Å². The Labute approximate surface area is 129 Å². The van der Waals surface area contributed by atoms with Crippen LogP contribution in [-0.2, 0) is 4.79 Å². The highest BCUT2D eigenvalue weighted by atomic mass is 79.9. The highest BCUT2D eigenvalue weighted by Gasteiger charge is 2.22. The molecule has 3 nitrogen and oxygen atoms in total. The molecule has 1 aliphatic heterocycles. The zero-order chi connectivity index (χ0) is 14.5. The zero-order valence-electron chi connectivity index (χ0n) is 12.2. The molecule has 2 atom stereocenters. The van der Waals surface area contributed by atoms with Crippen LogP contribution < -0.4 is 10.6 Å². The third kappa shape index (κ3) is 4.06. The first-order chi connectivity index (χ1) is 9.58. The number of carbonyl (C=O) groups excluding carboxylic acids is 1. The average molecular weight is 339 g/mol. The second-order valence-corrected chi connectivity index (χ2v) is 6.60. The summed E-state index contributed by atoms with van der Waals surface area (Å²) in [6, 6.07) is 5.88. The van der Waals surface area contributed by atoms with Gasteiger partial charge in [0.15, 0.2) is 0 Å². The van der Waals surface area contributed by atoms with Crippen LogP contribution in [0.5, 0.6) is 0 Å². The molecular weight excluding hydrogens is 316 g/mol. The molecule has 0 aromatic heterocycles. The number of nitrogens with one attached hydrogen (secondary N) is 2. The Morgan fingerprint density at radius 2 is 2.35 bits per heavy atom. The molecule has 20 heavy (non-hydrogen) atoms. The minimum Gasteiger partial charge on any atom is -0.326 e. The largest absolute Gasteiger partial charge is 0.326 e. The molecule has 0 spiro atoms. The molecule has 2 N–H and O–H groups in total. The maximum atomic E-state index is 12.2. The summed E-state index contributed by atoms with van der Waals surface area (Å²) in [7, 11) is 0. The number of rotatable bonds is 4. The molecule has 2 rings (SSSR count). The van der Waals surface area contributed by atoms with Crippen LogP contribution in [0, 0.1) is 18.8 Å². The zero-order valence-corrected chi connectivity index (χ0v) is 13.8. The van der Waals surface area contributed by atoms with E-state index in [4.69, 9.17) is 0 Å². The second-order valence-electron chi connectivity index (χ2n) is 5.75. The predicted octanol–water partition coefficient (Wildman–Crippen LogP) is 3.72. The first-order valence-corrected chi connectivity index (χ1v) is 8.13. The van der Waals surface area contributed by atoms with Crippen molar-refractivity contribution >= 4 is 27.5 Å². The van der Waals surface area contributed by atoms with Crippen LogP contribution in [0.1, 0.15) is 31.7 Å². The van der Waals surface area contributed by atoms with Gasteiger partial charge in [0, 0.05) is 16.6 Å². The monoisotopic (exact) mass is 338 g/mol. The van der Waals surface area contributed by atoms with Gasteiger partial charge in [-0.1, -0.05) is 28.9 Å². The van der Waals surface area contributed by atoms with Crippen molar-refractivity contribution in [1.29, 1.82) is 0 Å². The molecule has 0 bridgehead atoms. The number of anilines is 1. The molecule has 1 aromatic rings. The quantitative estimate of drug-likeness (QED) is 0.878. The van der Waals surface area contributed by atoms with Crippen LogP contribution in [0.3, 0.4) is 0 Å². The molecule has 1 saturated heterocycles. The SMILES string of the molecule is Cc1c(Br)cccc1NC(=O)CC(C)C1CCCNC1. The summed E-state index contributed by atoms with van der Waals surface area (Å²) < 4.78 is 1.03. The molecule has 1 aliphatic rings. The first-order valence-electron chi connectivity index (χ1n) is 7.33. The van der Waals surface area contributed by atoms with Gasteiger partial charge in [0.05, 0.1) is 0 Å². The van der Waals surface area contributed by atoms with Gasteiger partial charge < -0.3 is 10.6 Å². The third-order valence-electron chi connectivity index (χ3n) is 4.19. The number of benzene rings is 1. The predicted molar refractivity (Wildman–Crippen MR) is 86.9 cm³/mol. The van der Waals surface area contributed by atoms with Gasteiger partial charge in [0.1, 0.15) is 0 Å². The Morgan fingerprint density at radius 3 is 3.05 bits per heavy atom. The van der Waals surface area contributed by atoms with Gasteiger partial charge in [-0.2, -0.15) is 0 Å². The Bertz CT molecular complexity index is 470. The van der Waals surface area contributed by atoms with Crippen molar-refractivity contribution in [2.24, 2.45) is 11.8 Å². The van der Waals surface area contributed by atoms with E-state index in [2.05, 4.69) is 33.5 Å². The number of piperidine rings is 1. The lowest BCUT2D eigenvalue weighted by atomic mass is 9.85. The van der Waals surface area contributed by atoms with Gasteiger partial charge in [0.2, 0.25) is 5.91 Å². The normalized spacial score (nSPS) is 20.4. The van der Waals surface area contributed by atoms with E-state index in [1.807, 2.05) is 25.1 Å². The van der Waals surface area contributed by atoms with Gasteiger partial charge in [0.25, 0.3) is 0 Å². The lowest BCUT2D eigenvalue weighted by Crippen LogP contribution is -2.34. The lowest BCUT2D eigenvalue weighted by molar-refractivity contribution is -0.117. The molecule has 110 valence electrons. The Morgan fingerprint density at radius 1 is 1.55 bits per heavy atom. The topological polar surface area (TPSA) is 41.1 Å². The molecular formula is C16H23BrN2O. The van der Waals surface area contributed by atoms with Crippen LogP contribution in [0.2, 0.25) is 0 Å². The molecule has 4 heteroatoms. The van der Waals surface area contributed by atoms with Gasteiger partial charge in [-0.15, -0.1) is 0 Å². The van der Waals surface area contributed by atoms with Crippen molar-refractivity contribution < 1.29 is 4.79 Å². The standard InChI is InChI=1S/C16H23BrN2O/c1-11(13-5-4-8-18-10-13)9-16(20)19-15-7-3-6-14(17)12(15)2/h3,6-7,11,13,18H,4-5,8-10H2,1-2H3,(H,19,20). The van der Waals surface area contributed by atoms with Crippen LogP contribution in [0.25, 0.3) is 0 Å². The Kier molecular flexibility index (Phi) is 5.61. The summed E-state index contributed by atoms with van der Waals surface area (Å²) in [5.41, 5.74) is 1.98. The number of carbonyl (C=O) groups is 1. The summed E-state index contributed by atoms with van der Waals surface area (Å²) in [5.74, 6) is 1.16. The van der Waals surface area contributed by atoms with E-state index >= 15 is 0 Å². The van der Waals surface area contributed by atoms with E-state index in [0.717, 1.165) is 28.8 Å². The molecule has 0 aliphatic carbocycles. The van der Waals surface area contributed by atoms with Gasteiger partial charge >= 0.3 is 0 Å². The van der Waals surface area contributed by atoms with Crippen molar-refractivity contribution in [2.75, 3.05) is 18.4 Å². The average Bonchev–Trinajstić information content (AvgIpc) is 2.45. The fourth-order valence-electron chi connectivity index (χ4n) is 2.77. The summed E-state index contributed by atoms with van der Waals surface area (Å²) in [4.78, 5) is 12.2. The summed E-state index contributed by atoms with van der Waals surface area (Å²) >= 11 is 3.49. The minimum atomic E-state index is 0.115. The van der Waals surface area contributed by atoms with Gasteiger partial charge in [-0.3, -0.25) is 4.79 Å². The van der Waals surface area contributed by atoms with E-state index in [1.165, 1.54) is 12.8 Å². The van der Waals surface area contributed by atoms with E-state index in [-0.39, 0.29) is 5.91 Å². The van der Waals surface area contributed by atoms with E-state index in [1.54, 1.807) is 0 Å². The maximum Gasteiger partial charge on any atom is 0.224 e. The molecule has 1 amide bonds. The van der Waals surface area contributed by atoms with Crippen molar-refractivity contribution in [3.63, 3.8) is 0 Å². The molecule has 0 saturated carbocycles. The minimum absolute atomic E-state index is 0.115. The Balaban J connectivity index is 1.90. The van der Waals surface area contributed by atoms with Crippen LogP contribution >= 0.6 is 15.9 Å². The molecule has 0 radical (unpaired) electrons.